The number of nitrogens with zero attached hydrogens (tertiary/aromatic N) is 3. The minimum atomic E-state index is 0.685. The quantitative estimate of drug-likeness (QED) is 0.745. The van der Waals surface area contributed by atoms with Crippen molar-refractivity contribution in [3.8, 4) is 0 Å². The van der Waals surface area contributed by atoms with Gasteiger partial charge in [0.2, 0.25) is 0 Å². The Bertz CT molecular complexity index is 700. The number of hydrogen-bond acceptors (Lipinski definition) is 3. The molecule has 1 aromatic carbocycles. The van der Waals surface area contributed by atoms with Crippen LogP contribution in [0.2, 0.25) is 0 Å². The number of hydrogen-bond donors (Lipinski definition) is 1. The molecule has 0 saturated carbocycles. The highest BCUT2D eigenvalue weighted by Crippen LogP contribution is 2.15. The molecule has 0 amide bonds. The Kier molecular flexibility index (Phi) is 2.48. The maximum atomic E-state index is 5.89. The van der Waals surface area contributed by atoms with E-state index in [-0.39, 0.29) is 0 Å². The van der Waals surface area contributed by atoms with Crippen molar-refractivity contribution in [1.29, 1.82) is 0 Å². The summed E-state index contributed by atoms with van der Waals surface area (Å²) in [6, 6.07) is 12.1. The predicted octanol–water partition coefficient (Wildman–Crippen LogP) is 2.37. The number of aryl methyl sites for hydroxylation is 1. The van der Waals surface area contributed by atoms with Gasteiger partial charge in [0.15, 0.2) is 0 Å². The van der Waals surface area contributed by atoms with Crippen molar-refractivity contribution in [3.05, 3.63) is 53.9 Å². The summed E-state index contributed by atoms with van der Waals surface area (Å²) in [6.07, 6.45) is 1.80. The van der Waals surface area contributed by atoms with Gasteiger partial charge in [-0.15, -0.1) is 0 Å². The fraction of sp³-hybridized carbons (Fsp3) is 0.143. The van der Waals surface area contributed by atoms with Gasteiger partial charge in [0, 0.05) is 17.6 Å². The van der Waals surface area contributed by atoms with E-state index in [0.717, 1.165) is 16.6 Å². The van der Waals surface area contributed by atoms with Crippen LogP contribution >= 0.6 is 0 Å². The van der Waals surface area contributed by atoms with Gasteiger partial charge in [0.1, 0.15) is 5.82 Å². The Morgan fingerprint density at radius 2 is 2.11 bits per heavy atom. The van der Waals surface area contributed by atoms with Gasteiger partial charge in [-0.1, -0.05) is 12.1 Å². The van der Waals surface area contributed by atoms with Gasteiger partial charge >= 0.3 is 0 Å². The third kappa shape index (κ3) is 1.93. The highest BCUT2D eigenvalue weighted by molar-refractivity contribution is 5.78. The Morgan fingerprint density at radius 1 is 1.22 bits per heavy atom. The minimum Gasteiger partial charge on any atom is -0.384 e. The Balaban J connectivity index is 1.97. The molecule has 0 spiro atoms. The molecule has 0 aliphatic heterocycles. The van der Waals surface area contributed by atoms with E-state index >= 15 is 0 Å². The number of benzene rings is 1. The van der Waals surface area contributed by atoms with Crippen LogP contribution in [0.3, 0.4) is 0 Å². The predicted molar refractivity (Wildman–Crippen MR) is 72.2 cm³/mol. The third-order valence-electron chi connectivity index (χ3n) is 2.93. The molecule has 2 heterocycles. The maximum Gasteiger partial charge on any atom is 0.122 e. The van der Waals surface area contributed by atoms with Crippen LogP contribution in [0.1, 0.15) is 11.3 Å². The summed E-state index contributed by atoms with van der Waals surface area (Å²) in [5, 5.41) is 5.50. The lowest BCUT2D eigenvalue weighted by Gasteiger charge is -2.05. The van der Waals surface area contributed by atoms with Gasteiger partial charge in [-0.2, -0.15) is 5.10 Å². The molecule has 0 aliphatic rings. The molecule has 0 atom stereocenters. The average Bonchev–Trinajstić information content (AvgIpc) is 2.68. The Labute approximate surface area is 105 Å². The molecule has 4 nitrogen and oxygen atoms in total. The molecule has 2 N–H and O–H groups in total. The Hall–Kier alpha value is -2.36. The van der Waals surface area contributed by atoms with E-state index in [2.05, 4.69) is 28.3 Å². The average molecular weight is 238 g/mol. The molecule has 0 bridgehead atoms. The molecule has 0 aliphatic carbocycles. The van der Waals surface area contributed by atoms with Gasteiger partial charge in [0.25, 0.3) is 0 Å². The largest absolute Gasteiger partial charge is 0.384 e. The van der Waals surface area contributed by atoms with E-state index in [1.807, 2.05) is 29.8 Å². The summed E-state index contributed by atoms with van der Waals surface area (Å²) in [6.45, 7) is 2.63. The summed E-state index contributed by atoms with van der Waals surface area (Å²) in [5.74, 6) is 0.693. The van der Waals surface area contributed by atoms with Crippen molar-refractivity contribution in [1.82, 2.24) is 14.8 Å². The second kappa shape index (κ2) is 4.14. The molecular weight excluding hydrogens is 224 g/mol. The number of pyridine rings is 1. The number of nitrogen functional groups attached to an aromatic ring is 1. The van der Waals surface area contributed by atoms with Crippen LogP contribution in [0.4, 0.5) is 5.82 Å². The van der Waals surface area contributed by atoms with Crippen LogP contribution in [0.5, 0.6) is 0 Å². The van der Waals surface area contributed by atoms with Crippen molar-refractivity contribution in [3.63, 3.8) is 0 Å². The zero-order chi connectivity index (χ0) is 12.5. The lowest BCUT2D eigenvalue weighted by molar-refractivity contribution is 0.690. The van der Waals surface area contributed by atoms with Crippen molar-refractivity contribution >= 4 is 16.7 Å². The van der Waals surface area contributed by atoms with Gasteiger partial charge in [-0.25, -0.2) is 4.68 Å². The summed E-state index contributed by atoms with van der Waals surface area (Å²) in [4.78, 5) is 4.30. The van der Waals surface area contributed by atoms with E-state index < -0.39 is 0 Å². The summed E-state index contributed by atoms with van der Waals surface area (Å²) < 4.78 is 1.81. The van der Waals surface area contributed by atoms with Gasteiger partial charge < -0.3 is 5.73 Å². The normalized spacial score (nSPS) is 10.9. The fourth-order valence-corrected chi connectivity index (χ4v) is 2.09. The Morgan fingerprint density at radius 3 is 2.89 bits per heavy atom. The molecule has 4 heteroatoms. The van der Waals surface area contributed by atoms with Gasteiger partial charge in [0.05, 0.1) is 17.8 Å². The first kappa shape index (κ1) is 10.8. The summed E-state index contributed by atoms with van der Waals surface area (Å²) in [5.41, 5.74) is 9.01. The van der Waals surface area contributed by atoms with Crippen LogP contribution in [0.15, 0.2) is 42.6 Å². The smallest absolute Gasteiger partial charge is 0.122 e. The number of fused-ring (bicyclic) bond motifs is 1. The molecule has 90 valence electrons. The maximum absolute atomic E-state index is 5.89. The summed E-state index contributed by atoms with van der Waals surface area (Å²) in [7, 11) is 0. The molecule has 3 rings (SSSR count). The van der Waals surface area contributed by atoms with Crippen molar-refractivity contribution in [2.45, 2.75) is 13.5 Å². The van der Waals surface area contributed by atoms with E-state index in [4.69, 9.17) is 5.73 Å². The molecule has 0 fully saturated rings. The zero-order valence-electron chi connectivity index (χ0n) is 10.2. The SMILES string of the molecule is Cc1cc(N)n(Cc2ccc3ncccc3c2)n1. The third-order valence-corrected chi connectivity index (χ3v) is 2.93. The van der Waals surface area contributed by atoms with Crippen LogP contribution in [0, 0.1) is 6.92 Å². The van der Waals surface area contributed by atoms with Crippen LogP contribution in [0.25, 0.3) is 10.9 Å². The van der Waals surface area contributed by atoms with E-state index in [1.54, 1.807) is 6.20 Å². The second-order valence-electron chi connectivity index (χ2n) is 4.40. The van der Waals surface area contributed by atoms with Crippen LogP contribution in [-0.2, 0) is 6.54 Å². The van der Waals surface area contributed by atoms with Gasteiger partial charge in [-0.3, -0.25) is 4.98 Å². The molecular formula is C14H14N4. The first-order chi connectivity index (χ1) is 8.72. The van der Waals surface area contributed by atoms with Crippen molar-refractivity contribution in [2.24, 2.45) is 0 Å². The van der Waals surface area contributed by atoms with E-state index in [0.29, 0.717) is 12.4 Å². The lowest BCUT2D eigenvalue weighted by atomic mass is 10.1. The lowest BCUT2D eigenvalue weighted by Crippen LogP contribution is -2.05. The minimum absolute atomic E-state index is 0.685. The fourth-order valence-electron chi connectivity index (χ4n) is 2.09. The van der Waals surface area contributed by atoms with Gasteiger partial charge in [-0.05, 0) is 30.7 Å². The van der Waals surface area contributed by atoms with E-state index in [1.165, 1.54) is 5.56 Å². The number of nitrogens with two attached hydrogens (primary N) is 1. The van der Waals surface area contributed by atoms with Crippen molar-refractivity contribution in [2.75, 3.05) is 5.73 Å². The highest BCUT2D eigenvalue weighted by atomic mass is 15.3. The zero-order valence-corrected chi connectivity index (χ0v) is 10.2. The topological polar surface area (TPSA) is 56.7 Å². The van der Waals surface area contributed by atoms with Crippen LogP contribution < -0.4 is 5.73 Å². The van der Waals surface area contributed by atoms with Crippen LogP contribution in [-0.4, -0.2) is 14.8 Å². The molecule has 2 aromatic heterocycles. The number of rotatable bonds is 2. The monoisotopic (exact) mass is 238 g/mol. The number of aromatic nitrogens is 3. The second-order valence-corrected chi connectivity index (χ2v) is 4.40. The van der Waals surface area contributed by atoms with E-state index in [9.17, 15) is 0 Å². The molecule has 3 aromatic rings. The molecule has 0 unspecified atom stereocenters. The molecule has 18 heavy (non-hydrogen) atoms. The molecule has 0 saturated heterocycles. The number of anilines is 1. The summed E-state index contributed by atoms with van der Waals surface area (Å²) >= 11 is 0. The molecule has 0 radical (unpaired) electrons. The highest BCUT2D eigenvalue weighted by Gasteiger charge is 2.03. The van der Waals surface area contributed by atoms with Crippen molar-refractivity contribution < 1.29 is 0 Å². The first-order valence-electron chi connectivity index (χ1n) is 5.86. The first-order valence-corrected chi connectivity index (χ1v) is 5.86. The standard InChI is InChI=1S/C14H14N4/c1-10-7-14(15)18(17-10)9-11-4-5-13-12(8-11)3-2-6-16-13/h2-8H,9,15H2,1H3.